The van der Waals surface area contributed by atoms with Gasteiger partial charge in [-0.05, 0) is 25.0 Å². The molecule has 4 heteroatoms. The van der Waals surface area contributed by atoms with Gasteiger partial charge in [-0.1, -0.05) is 48.5 Å². The molecule has 0 bridgehead atoms. The lowest BCUT2D eigenvalue weighted by molar-refractivity contribution is 0.103. The van der Waals surface area contributed by atoms with E-state index < -0.39 is 5.66 Å². The number of carbonyl (C=O) groups excluding carboxylic acids is 1. The van der Waals surface area contributed by atoms with Gasteiger partial charge in [-0.2, -0.15) is 0 Å². The minimum Gasteiger partial charge on any atom is -0.289 e. The number of halogens is 1. The van der Waals surface area contributed by atoms with Gasteiger partial charge in [-0.25, -0.2) is 0 Å². The van der Waals surface area contributed by atoms with Gasteiger partial charge in [0, 0.05) is 16.5 Å². The number of aryl methyl sites for hydroxylation is 1. The number of alkyl halides is 1. The standard InChI is InChI=1S/C17H16ClO2P/c1-11-7-3-4-8-13(11)16(19)14-9-5-6-10-15(14)17(21-20)12(2)18/h3-10,12,17H,1-2H3. The monoisotopic (exact) mass is 318 g/mol. The zero-order valence-corrected chi connectivity index (χ0v) is 13.6. The smallest absolute Gasteiger partial charge is 0.193 e. The van der Waals surface area contributed by atoms with Gasteiger partial charge in [-0.3, -0.25) is 9.36 Å². The molecule has 21 heavy (non-hydrogen) atoms. The van der Waals surface area contributed by atoms with Crippen molar-refractivity contribution in [1.82, 2.24) is 0 Å². The Morgan fingerprint density at radius 1 is 1.05 bits per heavy atom. The van der Waals surface area contributed by atoms with Crippen molar-refractivity contribution in [2.45, 2.75) is 24.9 Å². The Hall–Kier alpha value is -1.50. The topological polar surface area (TPSA) is 34.1 Å². The van der Waals surface area contributed by atoms with Crippen molar-refractivity contribution >= 4 is 25.8 Å². The number of hydrogen-bond donors (Lipinski definition) is 0. The molecule has 0 aliphatic carbocycles. The minimum atomic E-state index is -0.393. The summed E-state index contributed by atoms with van der Waals surface area (Å²) in [5, 5.41) is -0.324. The zero-order valence-electron chi connectivity index (χ0n) is 11.9. The van der Waals surface area contributed by atoms with Crippen LogP contribution in [0.25, 0.3) is 0 Å². The van der Waals surface area contributed by atoms with E-state index in [4.69, 9.17) is 11.6 Å². The second-order valence-electron chi connectivity index (χ2n) is 4.96. The molecule has 0 N–H and O–H groups in total. The average molecular weight is 319 g/mol. The van der Waals surface area contributed by atoms with Crippen molar-refractivity contribution in [1.29, 1.82) is 0 Å². The van der Waals surface area contributed by atoms with E-state index >= 15 is 0 Å². The third-order valence-electron chi connectivity index (χ3n) is 3.46. The van der Waals surface area contributed by atoms with E-state index in [1.165, 1.54) is 0 Å². The predicted molar refractivity (Wildman–Crippen MR) is 86.7 cm³/mol. The first-order valence-electron chi connectivity index (χ1n) is 6.72. The molecule has 2 aromatic carbocycles. The van der Waals surface area contributed by atoms with Crippen LogP contribution in [0.2, 0.25) is 0 Å². The minimum absolute atomic E-state index is 0.0605. The van der Waals surface area contributed by atoms with Crippen LogP contribution >= 0.6 is 20.1 Å². The van der Waals surface area contributed by atoms with Gasteiger partial charge in [-0.15, -0.1) is 11.6 Å². The summed E-state index contributed by atoms with van der Waals surface area (Å²) in [6, 6.07) is 14.7. The van der Waals surface area contributed by atoms with Crippen LogP contribution < -0.4 is 0 Å². The van der Waals surface area contributed by atoms with Gasteiger partial charge in [0.05, 0.1) is 5.66 Å². The molecule has 0 spiro atoms. The third kappa shape index (κ3) is 3.40. The molecule has 0 saturated carbocycles. The highest BCUT2D eigenvalue weighted by Crippen LogP contribution is 2.36. The fraction of sp³-hybridized carbons (Fsp3) is 0.235. The predicted octanol–water partition coefficient (Wildman–Crippen LogP) is 5.19. The molecule has 0 aliphatic heterocycles. The first-order chi connectivity index (χ1) is 10.1. The van der Waals surface area contributed by atoms with Gasteiger partial charge in [0.2, 0.25) is 0 Å². The number of carbonyl (C=O) groups is 1. The van der Waals surface area contributed by atoms with Gasteiger partial charge in [0.15, 0.2) is 14.2 Å². The van der Waals surface area contributed by atoms with Crippen molar-refractivity contribution in [3.05, 3.63) is 70.8 Å². The Kier molecular flexibility index (Phi) is 5.27. The normalized spacial score (nSPS) is 13.9. The van der Waals surface area contributed by atoms with E-state index in [1.54, 1.807) is 13.0 Å². The fourth-order valence-electron chi connectivity index (χ4n) is 2.32. The van der Waals surface area contributed by atoms with Crippen LogP contribution in [0.5, 0.6) is 0 Å². The fourth-order valence-corrected chi connectivity index (χ4v) is 3.10. The van der Waals surface area contributed by atoms with Crippen LogP contribution in [-0.2, 0) is 4.57 Å². The highest BCUT2D eigenvalue weighted by atomic mass is 35.5. The quantitative estimate of drug-likeness (QED) is 0.432. The summed E-state index contributed by atoms with van der Waals surface area (Å²) in [7, 11) is -0.0778. The average Bonchev–Trinajstić information content (AvgIpc) is 2.48. The van der Waals surface area contributed by atoms with Crippen molar-refractivity contribution in [2.24, 2.45) is 0 Å². The summed E-state index contributed by atoms with van der Waals surface area (Å²) in [6.07, 6.45) is 0. The molecule has 2 rings (SSSR count). The van der Waals surface area contributed by atoms with E-state index in [-0.39, 0.29) is 19.6 Å². The SMILES string of the molecule is Cc1ccccc1C(=O)c1ccccc1C(P=O)C(C)Cl. The van der Waals surface area contributed by atoms with E-state index in [1.807, 2.05) is 49.4 Å². The molecule has 0 fully saturated rings. The van der Waals surface area contributed by atoms with Crippen molar-refractivity contribution in [2.75, 3.05) is 0 Å². The Morgan fingerprint density at radius 3 is 2.19 bits per heavy atom. The molecule has 2 nitrogen and oxygen atoms in total. The zero-order chi connectivity index (χ0) is 15.4. The molecular formula is C17H16ClO2P. The molecule has 0 heterocycles. The van der Waals surface area contributed by atoms with Crippen molar-refractivity contribution < 1.29 is 9.36 Å². The highest BCUT2D eigenvalue weighted by molar-refractivity contribution is 7.24. The van der Waals surface area contributed by atoms with Crippen LogP contribution in [0.4, 0.5) is 0 Å². The van der Waals surface area contributed by atoms with E-state index in [9.17, 15) is 9.36 Å². The molecule has 0 radical (unpaired) electrons. The first kappa shape index (κ1) is 15.9. The molecule has 2 unspecified atom stereocenters. The second kappa shape index (κ2) is 6.98. The lowest BCUT2D eigenvalue weighted by Gasteiger charge is -2.16. The van der Waals surface area contributed by atoms with Crippen LogP contribution in [0.3, 0.4) is 0 Å². The molecule has 2 aromatic rings. The summed E-state index contributed by atoms with van der Waals surface area (Å²) in [5.74, 6) is -0.0605. The summed E-state index contributed by atoms with van der Waals surface area (Å²) in [5.41, 5.74) is 2.48. The first-order valence-corrected chi connectivity index (χ1v) is 8.04. The Labute approximate surface area is 131 Å². The lowest BCUT2D eigenvalue weighted by Crippen LogP contribution is -2.11. The van der Waals surface area contributed by atoms with Crippen molar-refractivity contribution in [3.8, 4) is 0 Å². The summed E-state index contributed by atoms with van der Waals surface area (Å²) in [6.45, 7) is 3.69. The van der Waals surface area contributed by atoms with Crippen LogP contribution in [0.1, 0.15) is 39.6 Å². The van der Waals surface area contributed by atoms with Gasteiger partial charge in [0.25, 0.3) is 0 Å². The van der Waals surface area contributed by atoms with Gasteiger partial charge >= 0.3 is 0 Å². The maximum atomic E-state index is 12.8. The molecule has 108 valence electrons. The summed E-state index contributed by atoms with van der Waals surface area (Å²) in [4.78, 5) is 12.8. The summed E-state index contributed by atoms with van der Waals surface area (Å²) < 4.78 is 11.4. The number of rotatable bonds is 5. The van der Waals surface area contributed by atoms with E-state index in [2.05, 4.69) is 0 Å². The summed E-state index contributed by atoms with van der Waals surface area (Å²) >= 11 is 6.11. The maximum Gasteiger partial charge on any atom is 0.193 e. The molecule has 0 aromatic heterocycles. The lowest BCUT2D eigenvalue weighted by atomic mass is 9.93. The molecule has 0 saturated heterocycles. The van der Waals surface area contributed by atoms with Gasteiger partial charge in [0.1, 0.15) is 0 Å². The molecule has 0 aliphatic rings. The van der Waals surface area contributed by atoms with Crippen LogP contribution in [0.15, 0.2) is 48.5 Å². The van der Waals surface area contributed by atoms with E-state index in [0.717, 1.165) is 11.1 Å². The van der Waals surface area contributed by atoms with Crippen LogP contribution in [-0.4, -0.2) is 11.2 Å². The van der Waals surface area contributed by atoms with Gasteiger partial charge < -0.3 is 0 Å². The number of ketones is 1. The van der Waals surface area contributed by atoms with Crippen molar-refractivity contribution in [3.63, 3.8) is 0 Å². The molecular weight excluding hydrogens is 303 g/mol. The molecule has 2 atom stereocenters. The third-order valence-corrected chi connectivity index (χ3v) is 4.84. The largest absolute Gasteiger partial charge is 0.289 e. The maximum absolute atomic E-state index is 12.8. The van der Waals surface area contributed by atoms with Crippen LogP contribution in [0, 0.1) is 6.92 Å². The Bertz CT molecular complexity index is 667. The number of hydrogen-bond acceptors (Lipinski definition) is 2. The molecule has 0 amide bonds. The second-order valence-corrected chi connectivity index (χ2v) is 6.41. The Balaban J connectivity index is 2.52. The van der Waals surface area contributed by atoms with E-state index in [0.29, 0.717) is 11.1 Å². The Morgan fingerprint density at radius 2 is 1.62 bits per heavy atom. The number of benzene rings is 2. The highest BCUT2D eigenvalue weighted by Gasteiger charge is 2.24.